The summed E-state index contributed by atoms with van der Waals surface area (Å²) >= 11 is 0. The molecule has 90 valence electrons. The molecule has 2 aliphatic carbocycles. The normalized spacial score (nSPS) is 26.2. The molecule has 0 spiro atoms. The molecule has 0 aromatic heterocycles. The van der Waals surface area contributed by atoms with Crippen molar-refractivity contribution in [2.75, 3.05) is 6.54 Å². The quantitative estimate of drug-likeness (QED) is 0.814. The van der Waals surface area contributed by atoms with Gasteiger partial charge in [0.05, 0.1) is 11.7 Å². The van der Waals surface area contributed by atoms with Gasteiger partial charge < -0.3 is 10.5 Å². The number of nitrogens with two attached hydrogens (primary N) is 1. The number of halogens is 1. The van der Waals surface area contributed by atoms with E-state index < -0.39 is 0 Å². The van der Waals surface area contributed by atoms with Gasteiger partial charge >= 0.3 is 0 Å². The third-order valence-corrected chi connectivity index (χ3v) is 3.86. The monoisotopic (exact) mass is 233 g/mol. The van der Waals surface area contributed by atoms with E-state index >= 15 is 0 Å². The fourth-order valence-corrected chi connectivity index (χ4v) is 2.93. The zero-order valence-electron chi connectivity index (χ0n) is 9.54. The minimum absolute atomic E-state index is 0. The van der Waals surface area contributed by atoms with E-state index in [1.807, 2.05) is 0 Å². The Bertz CT molecular complexity index is 174. The van der Waals surface area contributed by atoms with Crippen molar-refractivity contribution >= 4 is 12.4 Å². The maximum atomic E-state index is 6.26. The second kappa shape index (κ2) is 6.07. The summed E-state index contributed by atoms with van der Waals surface area (Å²) < 4.78 is 6.26. The Hall–Kier alpha value is 0.210. The third kappa shape index (κ3) is 3.33. The first-order chi connectivity index (χ1) is 6.85. The van der Waals surface area contributed by atoms with Crippen molar-refractivity contribution in [2.45, 2.75) is 69.5 Å². The molecule has 15 heavy (non-hydrogen) atoms. The fraction of sp³-hybridized carbons (Fsp3) is 1.00. The summed E-state index contributed by atoms with van der Waals surface area (Å²) in [6.07, 6.45) is 12.1. The lowest BCUT2D eigenvalue weighted by Gasteiger charge is -2.38. The van der Waals surface area contributed by atoms with E-state index in [1.165, 1.54) is 57.8 Å². The highest BCUT2D eigenvalue weighted by Gasteiger charge is 2.34. The molecule has 0 aliphatic heterocycles. The van der Waals surface area contributed by atoms with Crippen LogP contribution in [-0.4, -0.2) is 18.2 Å². The smallest absolute Gasteiger partial charge is 0.0807 e. The molecule has 2 saturated carbocycles. The molecule has 2 fully saturated rings. The fourth-order valence-electron chi connectivity index (χ4n) is 2.93. The van der Waals surface area contributed by atoms with Crippen LogP contribution in [0.5, 0.6) is 0 Å². The van der Waals surface area contributed by atoms with Gasteiger partial charge in [-0.3, -0.25) is 0 Å². The van der Waals surface area contributed by atoms with Gasteiger partial charge in [0.1, 0.15) is 0 Å². The molecule has 2 nitrogen and oxygen atoms in total. The highest BCUT2D eigenvalue weighted by Crippen LogP contribution is 2.35. The standard InChI is InChI=1S/C12H23NO.ClH/c13-10-12(8-4-1-5-9-12)14-11-6-2-3-7-11;/h11H,1-10,13H2;1H. The SMILES string of the molecule is Cl.NCC1(OC2CCCC2)CCCCC1. The zero-order chi connectivity index (χ0) is 9.86. The molecule has 2 N–H and O–H groups in total. The van der Waals surface area contributed by atoms with Gasteiger partial charge in [-0.15, -0.1) is 12.4 Å². The second-order valence-electron chi connectivity index (χ2n) is 4.97. The van der Waals surface area contributed by atoms with E-state index in [-0.39, 0.29) is 18.0 Å². The molecule has 0 aromatic rings. The van der Waals surface area contributed by atoms with Gasteiger partial charge in [-0.25, -0.2) is 0 Å². The number of hydrogen-bond acceptors (Lipinski definition) is 2. The summed E-state index contributed by atoms with van der Waals surface area (Å²) in [5.74, 6) is 0. The van der Waals surface area contributed by atoms with Gasteiger partial charge in [-0.1, -0.05) is 32.1 Å². The van der Waals surface area contributed by atoms with Crippen LogP contribution in [0.15, 0.2) is 0 Å². The van der Waals surface area contributed by atoms with Crippen LogP contribution in [0.1, 0.15) is 57.8 Å². The Kier molecular flexibility index (Phi) is 5.37. The van der Waals surface area contributed by atoms with Gasteiger partial charge in [-0.2, -0.15) is 0 Å². The van der Waals surface area contributed by atoms with Crippen molar-refractivity contribution in [3.8, 4) is 0 Å². The van der Waals surface area contributed by atoms with E-state index in [9.17, 15) is 0 Å². The lowest BCUT2D eigenvalue weighted by Crippen LogP contribution is -2.44. The molecule has 0 amide bonds. The van der Waals surface area contributed by atoms with Crippen LogP contribution in [0.2, 0.25) is 0 Å². The van der Waals surface area contributed by atoms with Crippen molar-refractivity contribution in [2.24, 2.45) is 5.73 Å². The first kappa shape index (κ1) is 13.3. The molecule has 0 radical (unpaired) electrons. The van der Waals surface area contributed by atoms with Crippen molar-refractivity contribution < 1.29 is 4.74 Å². The Balaban J connectivity index is 0.00000112. The van der Waals surface area contributed by atoms with Gasteiger partial charge in [0.25, 0.3) is 0 Å². The van der Waals surface area contributed by atoms with E-state index in [4.69, 9.17) is 10.5 Å². The van der Waals surface area contributed by atoms with E-state index in [0.717, 1.165) is 6.54 Å². The summed E-state index contributed by atoms with van der Waals surface area (Å²) in [4.78, 5) is 0. The Morgan fingerprint density at radius 2 is 1.60 bits per heavy atom. The summed E-state index contributed by atoms with van der Waals surface area (Å²) in [5, 5.41) is 0. The predicted octanol–water partition coefficient (Wildman–Crippen LogP) is 3.03. The largest absolute Gasteiger partial charge is 0.370 e. The van der Waals surface area contributed by atoms with Crippen LogP contribution in [0, 0.1) is 0 Å². The third-order valence-electron chi connectivity index (χ3n) is 3.86. The van der Waals surface area contributed by atoms with E-state index in [0.29, 0.717) is 6.10 Å². The summed E-state index contributed by atoms with van der Waals surface area (Å²) in [6.45, 7) is 0.726. The Labute approximate surface area is 99.3 Å². The number of ether oxygens (including phenoxy) is 1. The highest BCUT2D eigenvalue weighted by atomic mass is 35.5. The van der Waals surface area contributed by atoms with Crippen molar-refractivity contribution in [3.05, 3.63) is 0 Å². The van der Waals surface area contributed by atoms with Gasteiger partial charge in [-0.05, 0) is 25.7 Å². The number of hydrogen-bond donors (Lipinski definition) is 1. The molecule has 2 aliphatic rings. The zero-order valence-corrected chi connectivity index (χ0v) is 10.4. The van der Waals surface area contributed by atoms with Crippen LogP contribution in [-0.2, 0) is 4.74 Å². The maximum absolute atomic E-state index is 6.26. The van der Waals surface area contributed by atoms with Crippen LogP contribution in [0.3, 0.4) is 0 Å². The lowest BCUT2D eigenvalue weighted by atomic mass is 9.84. The molecule has 0 heterocycles. The first-order valence-corrected chi connectivity index (χ1v) is 6.23. The molecule has 0 atom stereocenters. The lowest BCUT2D eigenvalue weighted by molar-refractivity contribution is -0.105. The van der Waals surface area contributed by atoms with Crippen LogP contribution in [0.4, 0.5) is 0 Å². The topological polar surface area (TPSA) is 35.2 Å². The highest BCUT2D eigenvalue weighted by molar-refractivity contribution is 5.85. The van der Waals surface area contributed by atoms with Gasteiger partial charge in [0.2, 0.25) is 0 Å². The maximum Gasteiger partial charge on any atom is 0.0807 e. The minimum atomic E-state index is 0. The van der Waals surface area contributed by atoms with Crippen LogP contribution in [0.25, 0.3) is 0 Å². The van der Waals surface area contributed by atoms with Crippen molar-refractivity contribution in [3.63, 3.8) is 0 Å². The van der Waals surface area contributed by atoms with Crippen molar-refractivity contribution in [1.29, 1.82) is 0 Å². The molecule has 3 heteroatoms. The van der Waals surface area contributed by atoms with E-state index in [2.05, 4.69) is 0 Å². The average Bonchev–Trinajstić information content (AvgIpc) is 2.72. The molecule has 2 rings (SSSR count). The summed E-state index contributed by atoms with van der Waals surface area (Å²) in [5.41, 5.74) is 5.95. The molecular weight excluding hydrogens is 210 g/mol. The molecular formula is C12H24ClNO. The molecule has 0 bridgehead atoms. The molecule has 0 unspecified atom stereocenters. The molecule has 0 aromatic carbocycles. The summed E-state index contributed by atoms with van der Waals surface area (Å²) in [6, 6.07) is 0. The van der Waals surface area contributed by atoms with Gasteiger partial charge in [0.15, 0.2) is 0 Å². The average molecular weight is 234 g/mol. The van der Waals surface area contributed by atoms with Gasteiger partial charge in [0, 0.05) is 6.54 Å². The Morgan fingerprint density at radius 3 is 2.13 bits per heavy atom. The van der Waals surface area contributed by atoms with E-state index in [1.54, 1.807) is 0 Å². The first-order valence-electron chi connectivity index (χ1n) is 6.23. The summed E-state index contributed by atoms with van der Waals surface area (Å²) in [7, 11) is 0. The Morgan fingerprint density at radius 1 is 1.00 bits per heavy atom. The predicted molar refractivity (Wildman–Crippen MR) is 65.5 cm³/mol. The minimum Gasteiger partial charge on any atom is -0.370 e. The van der Waals surface area contributed by atoms with Crippen LogP contribution >= 0.6 is 12.4 Å². The second-order valence-corrected chi connectivity index (χ2v) is 4.97. The molecule has 0 saturated heterocycles. The van der Waals surface area contributed by atoms with Crippen molar-refractivity contribution in [1.82, 2.24) is 0 Å². The van der Waals surface area contributed by atoms with Crippen LogP contribution < -0.4 is 5.73 Å². The number of rotatable bonds is 3.